The number of nitrogens with zero attached hydrogens (tertiary/aromatic N) is 4. The number of hydrogen-bond donors (Lipinski definition) is 0. The molecular formula is C33H38N4O4. The molecule has 2 fully saturated rings. The molecule has 0 N–H and O–H groups in total. The second kappa shape index (κ2) is 14.1. The molecule has 8 nitrogen and oxygen atoms in total. The van der Waals surface area contributed by atoms with Crippen LogP contribution in [-0.4, -0.2) is 85.2 Å². The molecule has 0 unspecified atom stereocenters. The Balaban J connectivity index is 1.44. The molecule has 1 aromatic heterocycles. The van der Waals surface area contributed by atoms with E-state index in [0.29, 0.717) is 45.9 Å². The Morgan fingerprint density at radius 2 is 1.56 bits per heavy atom. The Morgan fingerprint density at radius 1 is 0.878 bits per heavy atom. The maximum atomic E-state index is 14.0. The molecule has 8 heteroatoms. The third kappa shape index (κ3) is 7.80. The van der Waals surface area contributed by atoms with Gasteiger partial charge in [-0.2, -0.15) is 0 Å². The molecule has 5 rings (SSSR count). The van der Waals surface area contributed by atoms with E-state index in [9.17, 15) is 9.59 Å². The molecule has 0 aliphatic carbocycles. The van der Waals surface area contributed by atoms with Crippen molar-refractivity contribution in [1.82, 2.24) is 14.8 Å². The van der Waals surface area contributed by atoms with E-state index in [-0.39, 0.29) is 18.4 Å². The number of carbonyl (C=O) groups excluding carboxylic acids is 2. The van der Waals surface area contributed by atoms with E-state index in [2.05, 4.69) is 4.90 Å². The van der Waals surface area contributed by atoms with Crippen LogP contribution < -0.4 is 4.90 Å². The number of benzene rings is 2. The molecule has 41 heavy (non-hydrogen) atoms. The van der Waals surface area contributed by atoms with Gasteiger partial charge in [0.05, 0.1) is 26.4 Å². The molecular weight excluding hydrogens is 516 g/mol. The number of pyridine rings is 1. The Kier molecular flexibility index (Phi) is 9.78. The van der Waals surface area contributed by atoms with E-state index in [1.54, 1.807) is 11.0 Å². The number of amides is 2. The van der Waals surface area contributed by atoms with Crippen LogP contribution in [0.3, 0.4) is 0 Å². The Bertz CT molecular complexity index is 1300. The predicted octanol–water partition coefficient (Wildman–Crippen LogP) is 3.74. The van der Waals surface area contributed by atoms with Gasteiger partial charge in [-0.05, 0) is 35.8 Å². The average molecular weight is 555 g/mol. The first kappa shape index (κ1) is 28.5. The molecule has 0 bridgehead atoms. The highest BCUT2D eigenvalue weighted by molar-refractivity contribution is 5.95. The molecule has 0 radical (unpaired) electrons. The van der Waals surface area contributed by atoms with Crippen LogP contribution in [0.5, 0.6) is 0 Å². The molecule has 2 aliphatic rings. The van der Waals surface area contributed by atoms with Gasteiger partial charge < -0.3 is 24.2 Å². The van der Waals surface area contributed by atoms with Crippen molar-refractivity contribution < 1.29 is 19.1 Å². The molecule has 2 amide bonds. The second-order valence-corrected chi connectivity index (χ2v) is 10.5. The summed E-state index contributed by atoms with van der Waals surface area (Å²) in [7, 11) is 0. The molecule has 2 saturated heterocycles. The van der Waals surface area contributed by atoms with Gasteiger partial charge in [0.25, 0.3) is 0 Å². The van der Waals surface area contributed by atoms with Gasteiger partial charge in [0.2, 0.25) is 11.8 Å². The first-order chi connectivity index (χ1) is 20.1. The third-order valence-corrected chi connectivity index (χ3v) is 7.53. The first-order valence-electron chi connectivity index (χ1n) is 14.3. The maximum Gasteiger partial charge on any atom is 0.247 e. The molecule has 2 aromatic carbocycles. The van der Waals surface area contributed by atoms with Gasteiger partial charge in [-0.3, -0.25) is 9.59 Å². The predicted molar refractivity (Wildman–Crippen MR) is 159 cm³/mol. The summed E-state index contributed by atoms with van der Waals surface area (Å²) in [5, 5.41) is 0. The van der Waals surface area contributed by atoms with E-state index in [4.69, 9.17) is 14.5 Å². The van der Waals surface area contributed by atoms with Crippen LogP contribution in [0.15, 0.2) is 79.0 Å². The number of anilines is 1. The fourth-order valence-electron chi connectivity index (χ4n) is 5.13. The lowest BCUT2D eigenvalue weighted by Crippen LogP contribution is -2.53. The zero-order valence-electron chi connectivity index (χ0n) is 23.7. The van der Waals surface area contributed by atoms with E-state index >= 15 is 0 Å². The number of ether oxygens (including phenoxy) is 2. The van der Waals surface area contributed by atoms with Crippen molar-refractivity contribution in [2.24, 2.45) is 0 Å². The zero-order valence-corrected chi connectivity index (χ0v) is 23.7. The van der Waals surface area contributed by atoms with Gasteiger partial charge in [0.15, 0.2) is 0 Å². The summed E-state index contributed by atoms with van der Waals surface area (Å²) in [5.41, 5.74) is 3.95. The van der Waals surface area contributed by atoms with Gasteiger partial charge in [-0.15, -0.1) is 0 Å². The second-order valence-electron chi connectivity index (χ2n) is 10.5. The fourth-order valence-corrected chi connectivity index (χ4v) is 5.13. The highest BCUT2D eigenvalue weighted by Crippen LogP contribution is 2.20. The van der Waals surface area contributed by atoms with Gasteiger partial charge in [-0.1, -0.05) is 66.2 Å². The highest BCUT2D eigenvalue weighted by atomic mass is 16.5. The van der Waals surface area contributed by atoms with Gasteiger partial charge >= 0.3 is 0 Å². The van der Waals surface area contributed by atoms with Crippen LogP contribution in [-0.2, 0) is 32.0 Å². The summed E-state index contributed by atoms with van der Waals surface area (Å²) < 4.78 is 11.0. The minimum absolute atomic E-state index is 0.0628. The molecule has 214 valence electrons. The number of carbonyl (C=O) groups is 2. The minimum Gasteiger partial charge on any atom is -0.378 e. The third-order valence-electron chi connectivity index (χ3n) is 7.53. The van der Waals surface area contributed by atoms with Crippen LogP contribution in [0.1, 0.15) is 22.3 Å². The van der Waals surface area contributed by atoms with E-state index in [0.717, 1.165) is 41.2 Å². The summed E-state index contributed by atoms with van der Waals surface area (Å²) in [6.07, 6.45) is 5.62. The first-order valence-corrected chi connectivity index (χ1v) is 14.3. The fraction of sp³-hybridized carbons (Fsp3) is 0.364. The average Bonchev–Trinajstić information content (AvgIpc) is 3.03. The van der Waals surface area contributed by atoms with E-state index in [1.807, 2.05) is 90.8 Å². The smallest absolute Gasteiger partial charge is 0.247 e. The Hall–Kier alpha value is -4.01. The number of hydrogen-bond acceptors (Lipinski definition) is 6. The quantitative estimate of drug-likeness (QED) is 0.375. The van der Waals surface area contributed by atoms with Crippen molar-refractivity contribution in [2.45, 2.75) is 25.9 Å². The summed E-state index contributed by atoms with van der Waals surface area (Å²) in [6, 6.07) is 21.2. The van der Waals surface area contributed by atoms with Crippen LogP contribution in [0.4, 0.5) is 5.82 Å². The normalized spacial score (nSPS) is 16.5. The van der Waals surface area contributed by atoms with Crippen LogP contribution >= 0.6 is 0 Å². The lowest BCUT2D eigenvalue weighted by Gasteiger charge is -2.36. The van der Waals surface area contributed by atoms with Crippen LogP contribution in [0, 0.1) is 6.92 Å². The topological polar surface area (TPSA) is 75.2 Å². The minimum atomic E-state index is -0.676. The van der Waals surface area contributed by atoms with Gasteiger partial charge in [0, 0.05) is 51.4 Å². The molecule has 3 aromatic rings. The van der Waals surface area contributed by atoms with E-state index in [1.165, 1.54) is 0 Å². The maximum absolute atomic E-state index is 14.0. The number of morpholine rings is 2. The van der Waals surface area contributed by atoms with Crippen LogP contribution in [0.2, 0.25) is 0 Å². The summed E-state index contributed by atoms with van der Waals surface area (Å²) in [4.78, 5) is 38.4. The van der Waals surface area contributed by atoms with Crippen molar-refractivity contribution in [3.8, 4) is 0 Å². The Morgan fingerprint density at radius 3 is 2.22 bits per heavy atom. The largest absolute Gasteiger partial charge is 0.378 e. The van der Waals surface area contributed by atoms with Crippen molar-refractivity contribution in [2.75, 3.05) is 57.5 Å². The molecule has 0 spiro atoms. The Labute approximate surface area is 242 Å². The van der Waals surface area contributed by atoms with Crippen molar-refractivity contribution in [3.05, 3.63) is 101 Å². The lowest BCUT2D eigenvalue weighted by atomic mass is 10.0. The highest BCUT2D eigenvalue weighted by Gasteiger charge is 2.33. The number of rotatable bonds is 9. The molecule has 2 aliphatic heterocycles. The summed E-state index contributed by atoms with van der Waals surface area (Å²) >= 11 is 0. The van der Waals surface area contributed by atoms with Crippen molar-refractivity contribution >= 4 is 23.7 Å². The van der Waals surface area contributed by atoms with E-state index < -0.39 is 6.04 Å². The molecule has 0 saturated carbocycles. The standard InChI is InChI=1S/C33H38N4O4/c1-26-7-9-27(10-8-26)12-14-32(38)37(25-29-11-13-31(34-24-29)35-15-19-40-20-16-35)30(23-28-5-3-2-4-6-28)33(39)36-17-21-41-22-18-36/h2-14,24,30H,15-23,25H2,1H3/t30-/m0/s1. The summed E-state index contributed by atoms with van der Waals surface area (Å²) in [5.74, 6) is 0.608. The van der Waals surface area contributed by atoms with Gasteiger partial charge in [-0.25, -0.2) is 4.98 Å². The summed E-state index contributed by atoms with van der Waals surface area (Å²) in [6.45, 7) is 7.29. The lowest BCUT2D eigenvalue weighted by molar-refractivity contribution is -0.147. The monoisotopic (exact) mass is 554 g/mol. The van der Waals surface area contributed by atoms with Gasteiger partial charge in [0.1, 0.15) is 11.9 Å². The van der Waals surface area contributed by atoms with Crippen LogP contribution in [0.25, 0.3) is 6.08 Å². The van der Waals surface area contributed by atoms with Crippen molar-refractivity contribution in [3.63, 3.8) is 0 Å². The number of aryl methyl sites for hydroxylation is 1. The molecule has 1 atom stereocenters. The zero-order chi connectivity index (χ0) is 28.4. The SMILES string of the molecule is Cc1ccc(C=CC(=O)N(Cc2ccc(N3CCOCC3)nc2)[C@@H](Cc2ccccc2)C(=O)N2CCOCC2)cc1. The van der Waals surface area contributed by atoms with Crippen molar-refractivity contribution in [1.29, 1.82) is 0 Å². The number of aromatic nitrogens is 1. The molecule has 3 heterocycles.